The van der Waals surface area contributed by atoms with Gasteiger partial charge in [0.25, 0.3) is 0 Å². The van der Waals surface area contributed by atoms with Crippen molar-refractivity contribution in [3.05, 3.63) is 0 Å². The third-order valence-electron chi connectivity index (χ3n) is 5.84. The fraction of sp³-hybridized carbons (Fsp3) is 1.00. The Labute approximate surface area is 136 Å². The highest BCUT2D eigenvalue weighted by Gasteiger charge is 2.32. The Morgan fingerprint density at radius 1 is 0.727 bits per heavy atom. The fourth-order valence-corrected chi connectivity index (χ4v) is 4.50. The van der Waals surface area contributed by atoms with Crippen LogP contribution >= 0.6 is 0 Å². The lowest BCUT2D eigenvalue weighted by molar-refractivity contribution is -0.0107. The minimum absolute atomic E-state index is 0.687. The second kappa shape index (κ2) is 8.09. The molecule has 3 fully saturated rings. The van der Waals surface area contributed by atoms with E-state index in [1.54, 1.807) is 0 Å². The Balaban J connectivity index is 1.47. The Bertz CT molecular complexity index is 315. The van der Waals surface area contributed by atoms with E-state index in [-0.39, 0.29) is 0 Å². The molecule has 128 valence electrons. The largest absolute Gasteiger partial charge is 0.381 e. The van der Waals surface area contributed by atoms with Crippen molar-refractivity contribution in [2.24, 2.45) is 11.8 Å². The smallest absolute Gasteiger partial charge is 0.0469 e. The van der Waals surface area contributed by atoms with Gasteiger partial charge in [0, 0.05) is 64.7 Å². The van der Waals surface area contributed by atoms with Crippen LogP contribution < -0.4 is 0 Å². The molecule has 0 aromatic rings. The molecule has 3 heterocycles. The van der Waals surface area contributed by atoms with E-state index < -0.39 is 0 Å². The van der Waals surface area contributed by atoms with Crippen LogP contribution in [-0.2, 0) is 9.47 Å². The number of rotatable bonds is 4. The van der Waals surface area contributed by atoms with Crippen LogP contribution in [0.4, 0.5) is 0 Å². The summed E-state index contributed by atoms with van der Waals surface area (Å²) in [6, 6.07) is 1.37. The van der Waals surface area contributed by atoms with Gasteiger partial charge in [-0.2, -0.15) is 0 Å². The zero-order valence-electron chi connectivity index (χ0n) is 14.5. The SMILES string of the molecule is CC1CN(CC2CCOCC2)CC(C)N1CC1CCOCC1. The minimum atomic E-state index is 0.687. The van der Waals surface area contributed by atoms with Crippen molar-refractivity contribution in [1.29, 1.82) is 0 Å². The molecular weight excluding hydrogens is 276 g/mol. The molecule has 0 aromatic heterocycles. The Morgan fingerprint density at radius 3 is 1.68 bits per heavy atom. The van der Waals surface area contributed by atoms with Gasteiger partial charge in [-0.1, -0.05) is 0 Å². The maximum absolute atomic E-state index is 5.51. The van der Waals surface area contributed by atoms with E-state index in [4.69, 9.17) is 9.47 Å². The lowest BCUT2D eigenvalue weighted by atomic mass is 9.95. The van der Waals surface area contributed by atoms with Gasteiger partial charge >= 0.3 is 0 Å². The van der Waals surface area contributed by atoms with Crippen LogP contribution in [0.3, 0.4) is 0 Å². The van der Waals surface area contributed by atoms with Crippen molar-refractivity contribution in [3.8, 4) is 0 Å². The molecule has 0 saturated carbocycles. The molecular formula is C18H34N2O2. The lowest BCUT2D eigenvalue weighted by Gasteiger charge is -2.47. The standard InChI is InChI=1S/C18H34N2O2/c1-15-11-19(13-17-3-7-21-8-4-17)12-16(2)20(15)14-18-5-9-22-10-6-18/h15-18H,3-14H2,1-2H3. The third-order valence-corrected chi connectivity index (χ3v) is 5.84. The van der Waals surface area contributed by atoms with Gasteiger partial charge < -0.3 is 9.47 Å². The number of ether oxygens (including phenoxy) is 2. The molecule has 0 spiro atoms. The molecule has 0 aromatic carbocycles. The van der Waals surface area contributed by atoms with Crippen molar-refractivity contribution < 1.29 is 9.47 Å². The van der Waals surface area contributed by atoms with E-state index in [0.29, 0.717) is 12.1 Å². The average Bonchev–Trinajstić information content (AvgIpc) is 2.53. The number of nitrogens with zero attached hydrogens (tertiary/aromatic N) is 2. The van der Waals surface area contributed by atoms with E-state index in [0.717, 1.165) is 38.3 Å². The number of hydrogen-bond donors (Lipinski definition) is 0. The second-order valence-electron chi connectivity index (χ2n) is 7.72. The summed E-state index contributed by atoms with van der Waals surface area (Å²) in [4.78, 5) is 5.47. The van der Waals surface area contributed by atoms with E-state index in [9.17, 15) is 0 Å². The van der Waals surface area contributed by atoms with Crippen molar-refractivity contribution in [3.63, 3.8) is 0 Å². The molecule has 2 unspecified atom stereocenters. The monoisotopic (exact) mass is 310 g/mol. The Hall–Kier alpha value is -0.160. The van der Waals surface area contributed by atoms with Crippen LogP contribution in [0.15, 0.2) is 0 Å². The van der Waals surface area contributed by atoms with Crippen molar-refractivity contribution in [1.82, 2.24) is 9.80 Å². The summed E-state index contributed by atoms with van der Waals surface area (Å²) in [5, 5.41) is 0. The summed E-state index contributed by atoms with van der Waals surface area (Å²) in [5.41, 5.74) is 0. The molecule has 3 rings (SSSR count). The maximum atomic E-state index is 5.51. The highest BCUT2D eigenvalue weighted by molar-refractivity contribution is 4.87. The van der Waals surface area contributed by atoms with Crippen LogP contribution in [0.1, 0.15) is 39.5 Å². The van der Waals surface area contributed by atoms with Gasteiger partial charge in [0.15, 0.2) is 0 Å². The average molecular weight is 310 g/mol. The molecule has 0 amide bonds. The lowest BCUT2D eigenvalue weighted by Crippen LogP contribution is -2.58. The van der Waals surface area contributed by atoms with Gasteiger partial charge in [0.1, 0.15) is 0 Å². The van der Waals surface area contributed by atoms with Crippen LogP contribution in [0.2, 0.25) is 0 Å². The van der Waals surface area contributed by atoms with Crippen LogP contribution in [-0.4, -0.2) is 74.5 Å². The van der Waals surface area contributed by atoms with E-state index in [1.165, 1.54) is 51.9 Å². The zero-order chi connectivity index (χ0) is 15.4. The Kier molecular flexibility index (Phi) is 6.14. The molecule has 3 aliphatic heterocycles. The predicted molar refractivity (Wildman–Crippen MR) is 89.2 cm³/mol. The molecule has 0 N–H and O–H groups in total. The molecule has 0 bridgehead atoms. The minimum Gasteiger partial charge on any atom is -0.381 e. The summed E-state index contributed by atoms with van der Waals surface area (Å²) in [6.45, 7) is 13.8. The molecule has 22 heavy (non-hydrogen) atoms. The van der Waals surface area contributed by atoms with Gasteiger partial charge in [-0.05, 0) is 51.4 Å². The molecule has 4 nitrogen and oxygen atoms in total. The quantitative estimate of drug-likeness (QED) is 0.795. The van der Waals surface area contributed by atoms with Gasteiger partial charge in [0.05, 0.1) is 0 Å². The van der Waals surface area contributed by atoms with Gasteiger partial charge in [0.2, 0.25) is 0 Å². The topological polar surface area (TPSA) is 24.9 Å². The molecule has 3 saturated heterocycles. The Morgan fingerprint density at radius 2 is 1.18 bits per heavy atom. The van der Waals surface area contributed by atoms with Crippen LogP contribution in [0.25, 0.3) is 0 Å². The zero-order valence-corrected chi connectivity index (χ0v) is 14.5. The van der Waals surface area contributed by atoms with E-state index >= 15 is 0 Å². The number of hydrogen-bond acceptors (Lipinski definition) is 4. The predicted octanol–water partition coefficient (Wildman–Crippen LogP) is 2.23. The molecule has 0 radical (unpaired) electrons. The van der Waals surface area contributed by atoms with Crippen LogP contribution in [0.5, 0.6) is 0 Å². The first-order valence-corrected chi connectivity index (χ1v) is 9.36. The summed E-state index contributed by atoms with van der Waals surface area (Å²) in [6.07, 6.45) is 5.01. The highest BCUT2D eigenvalue weighted by atomic mass is 16.5. The first-order chi connectivity index (χ1) is 10.7. The van der Waals surface area contributed by atoms with Crippen LogP contribution in [0, 0.1) is 11.8 Å². The normalized spacial score (nSPS) is 34.1. The van der Waals surface area contributed by atoms with Gasteiger partial charge in [-0.3, -0.25) is 9.80 Å². The van der Waals surface area contributed by atoms with Gasteiger partial charge in [-0.25, -0.2) is 0 Å². The summed E-state index contributed by atoms with van der Waals surface area (Å²) in [5.74, 6) is 1.70. The van der Waals surface area contributed by atoms with Crippen molar-refractivity contribution in [2.45, 2.75) is 51.6 Å². The van der Waals surface area contributed by atoms with E-state index in [2.05, 4.69) is 23.6 Å². The molecule has 4 heteroatoms. The maximum Gasteiger partial charge on any atom is 0.0469 e. The molecule has 0 aliphatic carbocycles. The van der Waals surface area contributed by atoms with Crippen molar-refractivity contribution >= 4 is 0 Å². The first-order valence-electron chi connectivity index (χ1n) is 9.36. The molecule has 2 atom stereocenters. The summed E-state index contributed by atoms with van der Waals surface area (Å²) in [7, 11) is 0. The van der Waals surface area contributed by atoms with Gasteiger partial charge in [-0.15, -0.1) is 0 Å². The first kappa shape index (κ1) is 16.7. The highest BCUT2D eigenvalue weighted by Crippen LogP contribution is 2.24. The molecule has 3 aliphatic rings. The van der Waals surface area contributed by atoms with Crippen molar-refractivity contribution in [2.75, 3.05) is 52.6 Å². The fourth-order valence-electron chi connectivity index (χ4n) is 4.50. The third kappa shape index (κ3) is 4.44. The second-order valence-corrected chi connectivity index (χ2v) is 7.72. The summed E-state index contributed by atoms with van der Waals surface area (Å²) < 4.78 is 11.0. The number of piperazine rings is 1. The summed E-state index contributed by atoms with van der Waals surface area (Å²) >= 11 is 0. The van der Waals surface area contributed by atoms with E-state index in [1.807, 2.05) is 0 Å².